The number of phenols is 1. The minimum atomic E-state index is -0.617. The van der Waals surface area contributed by atoms with Crippen molar-refractivity contribution >= 4 is 35.6 Å². The fraction of sp³-hybridized carbons (Fsp3) is 0.208. The summed E-state index contributed by atoms with van der Waals surface area (Å²) in [5.41, 5.74) is 1.59. The first kappa shape index (κ1) is 23.4. The minimum Gasteiger partial charge on any atom is -0.507 e. The van der Waals surface area contributed by atoms with Crippen molar-refractivity contribution in [3.05, 3.63) is 65.2 Å². The zero-order valence-electron chi connectivity index (χ0n) is 17.6. The third kappa shape index (κ3) is 7.15. The van der Waals surface area contributed by atoms with Crippen molar-refractivity contribution in [1.82, 2.24) is 0 Å². The van der Waals surface area contributed by atoms with Gasteiger partial charge in [-0.15, -0.1) is 0 Å². The standard InChI is InChI=1S/C24H24O7/c1-4-29-23(27)13-9-18-8-12-22(26)20(14-18)21(24(28)30-5-2)15-17-6-10-19(11-7-17)31-16(3)25/h6-15,26H,4-5H2,1-3H3/b13-9+,21-15-. The Morgan fingerprint density at radius 2 is 1.58 bits per heavy atom. The number of hydrogen-bond acceptors (Lipinski definition) is 7. The largest absolute Gasteiger partial charge is 0.507 e. The van der Waals surface area contributed by atoms with E-state index < -0.39 is 17.9 Å². The van der Waals surface area contributed by atoms with Crippen molar-refractivity contribution < 1.29 is 33.7 Å². The van der Waals surface area contributed by atoms with E-state index in [0.29, 0.717) is 16.9 Å². The number of esters is 3. The molecule has 7 heteroatoms. The minimum absolute atomic E-state index is 0.121. The second-order valence-electron chi connectivity index (χ2n) is 6.30. The first-order valence-electron chi connectivity index (χ1n) is 9.69. The molecule has 0 bridgehead atoms. The lowest BCUT2D eigenvalue weighted by molar-refractivity contribution is -0.137. The molecule has 0 aliphatic carbocycles. The van der Waals surface area contributed by atoms with Crippen LogP contribution in [0.3, 0.4) is 0 Å². The summed E-state index contributed by atoms with van der Waals surface area (Å²) < 4.78 is 15.0. The van der Waals surface area contributed by atoms with Gasteiger partial charge < -0.3 is 19.3 Å². The van der Waals surface area contributed by atoms with Crippen LogP contribution < -0.4 is 4.74 Å². The zero-order chi connectivity index (χ0) is 22.8. The van der Waals surface area contributed by atoms with Crippen molar-refractivity contribution in [3.63, 3.8) is 0 Å². The molecule has 0 amide bonds. The number of phenolic OH excluding ortho intramolecular Hbond substituents is 1. The SMILES string of the molecule is CCOC(=O)/C=C/c1ccc(O)c(/C(=C/c2ccc(OC(C)=O)cc2)C(=O)OCC)c1. The van der Waals surface area contributed by atoms with E-state index in [1.165, 1.54) is 25.1 Å². The van der Waals surface area contributed by atoms with Crippen LogP contribution in [-0.2, 0) is 23.9 Å². The molecule has 0 saturated carbocycles. The third-order valence-corrected chi connectivity index (χ3v) is 3.96. The molecular formula is C24H24O7. The highest BCUT2D eigenvalue weighted by Gasteiger charge is 2.17. The number of carbonyl (C=O) groups excluding carboxylic acids is 3. The van der Waals surface area contributed by atoms with Gasteiger partial charge in [-0.2, -0.15) is 0 Å². The number of aromatic hydroxyl groups is 1. The van der Waals surface area contributed by atoms with Gasteiger partial charge in [0.2, 0.25) is 0 Å². The van der Waals surface area contributed by atoms with Gasteiger partial charge in [0.1, 0.15) is 11.5 Å². The lowest BCUT2D eigenvalue weighted by atomic mass is 9.99. The van der Waals surface area contributed by atoms with Crippen LogP contribution in [0.15, 0.2) is 48.5 Å². The van der Waals surface area contributed by atoms with E-state index in [0.717, 1.165) is 0 Å². The van der Waals surface area contributed by atoms with E-state index in [-0.39, 0.29) is 30.1 Å². The summed E-state index contributed by atoms with van der Waals surface area (Å²) in [5, 5.41) is 10.4. The lowest BCUT2D eigenvalue weighted by Crippen LogP contribution is -2.07. The molecule has 0 fully saturated rings. The van der Waals surface area contributed by atoms with Gasteiger partial charge >= 0.3 is 17.9 Å². The van der Waals surface area contributed by atoms with Crippen LogP contribution in [0.5, 0.6) is 11.5 Å². The van der Waals surface area contributed by atoms with Gasteiger partial charge in [0.25, 0.3) is 0 Å². The normalized spacial score (nSPS) is 11.3. The van der Waals surface area contributed by atoms with Gasteiger partial charge in [0, 0.05) is 18.6 Å². The average Bonchev–Trinajstić information content (AvgIpc) is 2.73. The molecule has 0 spiro atoms. The Hall–Kier alpha value is -3.87. The molecule has 7 nitrogen and oxygen atoms in total. The van der Waals surface area contributed by atoms with Crippen LogP contribution in [0.4, 0.5) is 0 Å². The number of rotatable bonds is 8. The molecule has 0 aliphatic heterocycles. The molecule has 162 valence electrons. The topological polar surface area (TPSA) is 99.1 Å². The molecule has 0 aliphatic rings. The molecular weight excluding hydrogens is 400 g/mol. The van der Waals surface area contributed by atoms with Crippen LogP contribution >= 0.6 is 0 Å². The van der Waals surface area contributed by atoms with Gasteiger partial charge in [0.05, 0.1) is 18.8 Å². The summed E-state index contributed by atoms with van der Waals surface area (Å²) in [6.45, 7) is 5.11. The maximum Gasteiger partial charge on any atom is 0.338 e. The second-order valence-corrected chi connectivity index (χ2v) is 6.30. The monoisotopic (exact) mass is 424 g/mol. The van der Waals surface area contributed by atoms with E-state index in [1.807, 2.05) is 0 Å². The molecule has 0 atom stereocenters. The summed E-state index contributed by atoms with van der Waals surface area (Å²) in [6.07, 6.45) is 4.35. The Bertz CT molecular complexity index is 1000. The molecule has 0 aromatic heterocycles. The van der Waals surface area contributed by atoms with Crippen LogP contribution in [0.1, 0.15) is 37.5 Å². The van der Waals surface area contributed by atoms with E-state index in [1.54, 1.807) is 56.3 Å². The van der Waals surface area contributed by atoms with E-state index in [2.05, 4.69) is 0 Å². The van der Waals surface area contributed by atoms with E-state index in [4.69, 9.17) is 14.2 Å². The van der Waals surface area contributed by atoms with Gasteiger partial charge in [-0.1, -0.05) is 18.2 Å². The molecule has 31 heavy (non-hydrogen) atoms. The summed E-state index contributed by atoms with van der Waals surface area (Å²) in [5.74, 6) is -1.30. The Labute approximate surface area is 180 Å². The smallest absolute Gasteiger partial charge is 0.338 e. The second kappa shape index (κ2) is 11.3. The van der Waals surface area contributed by atoms with Gasteiger partial charge in [0.15, 0.2) is 0 Å². The van der Waals surface area contributed by atoms with Crippen LogP contribution in [-0.4, -0.2) is 36.2 Å². The Morgan fingerprint density at radius 3 is 2.19 bits per heavy atom. The highest BCUT2D eigenvalue weighted by molar-refractivity contribution is 6.22. The first-order chi connectivity index (χ1) is 14.8. The maximum atomic E-state index is 12.6. The lowest BCUT2D eigenvalue weighted by Gasteiger charge is -2.11. The zero-order valence-corrected chi connectivity index (χ0v) is 17.6. The Kier molecular flexibility index (Phi) is 8.57. The van der Waals surface area contributed by atoms with Gasteiger partial charge in [-0.25, -0.2) is 9.59 Å². The van der Waals surface area contributed by atoms with Crippen LogP contribution in [0, 0.1) is 0 Å². The maximum absolute atomic E-state index is 12.6. The summed E-state index contributed by atoms with van der Waals surface area (Å²) in [4.78, 5) is 35.2. The molecule has 0 saturated heterocycles. The van der Waals surface area contributed by atoms with Gasteiger partial charge in [-0.05, 0) is 61.4 Å². The van der Waals surface area contributed by atoms with E-state index in [9.17, 15) is 19.5 Å². The fourth-order valence-electron chi connectivity index (χ4n) is 2.65. The molecule has 0 heterocycles. The Balaban J connectivity index is 2.44. The molecule has 2 rings (SSSR count). The number of benzene rings is 2. The van der Waals surface area contributed by atoms with Crippen molar-refractivity contribution in [3.8, 4) is 11.5 Å². The Morgan fingerprint density at radius 1 is 0.935 bits per heavy atom. The number of hydrogen-bond donors (Lipinski definition) is 1. The van der Waals surface area contributed by atoms with Crippen molar-refractivity contribution in [1.29, 1.82) is 0 Å². The molecule has 2 aromatic carbocycles. The van der Waals surface area contributed by atoms with Crippen molar-refractivity contribution in [2.75, 3.05) is 13.2 Å². The highest BCUT2D eigenvalue weighted by atomic mass is 16.5. The van der Waals surface area contributed by atoms with Gasteiger partial charge in [-0.3, -0.25) is 4.79 Å². The van der Waals surface area contributed by atoms with Crippen LogP contribution in [0.25, 0.3) is 17.7 Å². The molecule has 1 N–H and O–H groups in total. The number of ether oxygens (including phenoxy) is 3. The van der Waals surface area contributed by atoms with E-state index >= 15 is 0 Å². The summed E-state index contributed by atoms with van der Waals surface area (Å²) in [6, 6.07) is 11.1. The third-order valence-electron chi connectivity index (χ3n) is 3.96. The first-order valence-corrected chi connectivity index (χ1v) is 9.69. The predicted molar refractivity (Wildman–Crippen MR) is 116 cm³/mol. The predicted octanol–water partition coefficient (Wildman–Crippen LogP) is 4.00. The molecule has 0 radical (unpaired) electrons. The summed E-state index contributed by atoms with van der Waals surface area (Å²) >= 11 is 0. The average molecular weight is 424 g/mol. The number of carbonyl (C=O) groups is 3. The van der Waals surface area contributed by atoms with Crippen molar-refractivity contribution in [2.45, 2.75) is 20.8 Å². The molecule has 0 unspecified atom stereocenters. The fourth-order valence-corrected chi connectivity index (χ4v) is 2.65. The summed E-state index contributed by atoms with van der Waals surface area (Å²) in [7, 11) is 0. The van der Waals surface area contributed by atoms with Crippen LogP contribution in [0.2, 0.25) is 0 Å². The van der Waals surface area contributed by atoms with Crippen molar-refractivity contribution in [2.24, 2.45) is 0 Å². The molecule has 2 aromatic rings. The quantitative estimate of drug-likeness (QED) is 0.296. The highest BCUT2D eigenvalue weighted by Crippen LogP contribution is 2.30.